The van der Waals surface area contributed by atoms with Crippen molar-refractivity contribution in [3.8, 4) is 0 Å². The summed E-state index contributed by atoms with van der Waals surface area (Å²) in [6.07, 6.45) is 5.50. The number of hydrogen-bond donors (Lipinski definition) is 0. The topological polar surface area (TPSA) is 77.4 Å². The quantitative estimate of drug-likeness (QED) is 0.809. The first kappa shape index (κ1) is 16.6. The van der Waals surface area contributed by atoms with Crippen LogP contribution in [0.2, 0.25) is 0 Å². The summed E-state index contributed by atoms with van der Waals surface area (Å²) in [6, 6.07) is 4.02. The van der Waals surface area contributed by atoms with Gasteiger partial charge < -0.3 is 14.4 Å². The molecular formula is C17H20N4O3S. The zero-order chi connectivity index (χ0) is 17.1. The lowest BCUT2D eigenvalue weighted by Crippen LogP contribution is -2.51. The Labute approximate surface area is 150 Å². The van der Waals surface area contributed by atoms with Crippen molar-refractivity contribution in [1.82, 2.24) is 19.5 Å². The van der Waals surface area contributed by atoms with E-state index in [4.69, 9.17) is 9.47 Å². The second-order valence-corrected chi connectivity index (χ2v) is 7.09. The molecule has 0 bridgehead atoms. The Morgan fingerprint density at radius 3 is 3.20 bits per heavy atom. The highest BCUT2D eigenvalue weighted by molar-refractivity contribution is 7.03. The highest BCUT2D eigenvalue weighted by atomic mass is 32.1. The van der Waals surface area contributed by atoms with Crippen LogP contribution in [0.15, 0.2) is 29.9 Å². The first-order valence-corrected chi connectivity index (χ1v) is 9.31. The zero-order valence-corrected chi connectivity index (χ0v) is 14.6. The van der Waals surface area contributed by atoms with Crippen LogP contribution in [0, 0.1) is 5.92 Å². The lowest BCUT2D eigenvalue weighted by molar-refractivity contribution is -0.0452. The van der Waals surface area contributed by atoms with Gasteiger partial charge in [-0.15, -0.1) is 5.10 Å². The summed E-state index contributed by atoms with van der Waals surface area (Å²) in [7, 11) is 0. The van der Waals surface area contributed by atoms with Crippen molar-refractivity contribution in [1.29, 1.82) is 0 Å². The predicted molar refractivity (Wildman–Crippen MR) is 91.1 cm³/mol. The van der Waals surface area contributed by atoms with E-state index in [1.54, 1.807) is 11.6 Å². The number of hydrogen-bond acceptors (Lipinski definition) is 7. The molecule has 0 aromatic carbocycles. The van der Waals surface area contributed by atoms with E-state index in [-0.39, 0.29) is 18.1 Å². The summed E-state index contributed by atoms with van der Waals surface area (Å²) < 4.78 is 15.6. The van der Waals surface area contributed by atoms with E-state index in [1.807, 2.05) is 23.2 Å². The van der Waals surface area contributed by atoms with Crippen LogP contribution in [0.25, 0.3) is 0 Å². The minimum absolute atomic E-state index is 0.0380. The maximum atomic E-state index is 12.6. The van der Waals surface area contributed by atoms with Crippen LogP contribution in [-0.4, -0.2) is 57.3 Å². The van der Waals surface area contributed by atoms with Gasteiger partial charge in [0.1, 0.15) is 0 Å². The van der Waals surface area contributed by atoms with Gasteiger partial charge in [-0.1, -0.05) is 10.6 Å². The molecule has 1 saturated heterocycles. The predicted octanol–water partition coefficient (Wildman–Crippen LogP) is 1.77. The van der Waals surface area contributed by atoms with Crippen LogP contribution in [0.5, 0.6) is 0 Å². The van der Waals surface area contributed by atoms with Crippen LogP contribution in [0.4, 0.5) is 0 Å². The van der Waals surface area contributed by atoms with Gasteiger partial charge in [-0.3, -0.25) is 9.78 Å². The summed E-state index contributed by atoms with van der Waals surface area (Å²) in [6.45, 7) is 2.42. The number of pyridine rings is 1. The van der Waals surface area contributed by atoms with E-state index in [2.05, 4.69) is 14.6 Å². The molecule has 0 N–H and O–H groups in total. The molecular weight excluding hydrogens is 340 g/mol. The molecule has 2 aromatic heterocycles. The first-order chi connectivity index (χ1) is 12.3. The second-order valence-electron chi connectivity index (χ2n) is 6.48. The maximum Gasteiger partial charge on any atom is 0.275 e. The minimum atomic E-state index is -0.0380. The van der Waals surface area contributed by atoms with Crippen molar-refractivity contribution >= 4 is 17.4 Å². The molecule has 25 heavy (non-hydrogen) atoms. The fourth-order valence-electron chi connectivity index (χ4n) is 3.67. The second kappa shape index (κ2) is 7.55. The van der Waals surface area contributed by atoms with Crippen LogP contribution >= 0.6 is 11.5 Å². The van der Waals surface area contributed by atoms with Gasteiger partial charge in [0.2, 0.25) is 0 Å². The summed E-state index contributed by atoms with van der Waals surface area (Å²) in [5.41, 5.74) is 1.50. The summed E-state index contributed by atoms with van der Waals surface area (Å²) in [5, 5.41) is 5.62. The minimum Gasteiger partial charge on any atom is -0.376 e. The Hall–Kier alpha value is -1.90. The van der Waals surface area contributed by atoms with E-state index in [9.17, 15) is 4.79 Å². The Bertz CT molecular complexity index is 697. The van der Waals surface area contributed by atoms with Crippen LogP contribution < -0.4 is 0 Å². The van der Waals surface area contributed by atoms with E-state index < -0.39 is 0 Å². The third-order valence-electron chi connectivity index (χ3n) is 4.82. The van der Waals surface area contributed by atoms with Crippen molar-refractivity contribution in [3.63, 3.8) is 0 Å². The first-order valence-electron chi connectivity index (χ1n) is 8.47. The normalized spacial score (nSPS) is 25.8. The Morgan fingerprint density at radius 1 is 1.44 bits per heavy atom. The van der Waals surface area contributed by atoms with Crippen molar-refractivity contribution < 1.29 is 14.3 Å². The molecule has 4 rings (SSSR count). The van der Waals surface area contributed by atoms with Gasteiger partial charge in [-0.2, -0.15) is 0 Å². The van der Waals surface area contributed by atoms with Crippen molar-refractivity contribution in [2.24, 2.45) is 5.92 Å². The van der Waals surface area contributed by atoms with E-state index in [0.717, 1.165) is 18.4 Å². The molecule has 2 fully saturated rings. The fraction of sp³-hybridized carbons (Fsp3) is 0.529. The number of aromatic nitrogens is 3. The van der Waals surface area contributed by atoms with Gasteiger partial charge >= 0.3 is 0 Å². The standard InChI is InChI=1S/C17H20N4O3S/c22-17(14-11-25-20-19-14)21-4-5-24-16-7-13(6-15(16)21)10-23-9-12-2-1-3-18-8-12/h1-3,8,11,13,15-16H,4-7,9-10H2. The lowest BCUT2D eigenvalue weighted by atomic mass is 10.1. The number of rotatable bonds is 5. The SMILES string of the molecule is O=C(c1csnn1)N1CCOC2CC(COCc3cccnc3)CC21. The monoisotopic (exact) mass is 360 g/mol. The molecule has 1 aliphatic carbocycles. The number of carbonyl (C=O) groups excluding carboxylic acids is 1. The fourth-order valence-corrected chi connectivity index (χ4v) is 4.10. The third-order valence-corrected chi connectivity index (χ3v) is 5.32. The molecule has 2 aromatic rings. The van der Waals surface area contributed by atoms with E-state index in [1.165, 1.54) is 11.5 Å². The zero-order valence-electron chi connectivity index (χ0n) is 13.8. The van der Waals surface area contributed by atoms with E-state index in [0.29, 0.717) is 38.0 Å². The number of amides is 1. The molecule has 1 amide bonds. The molecule has 3 heterocycles. The lowest BCUT2D eigenvalue weighted by Gasteiger charge is -2.37. The Balaban J connectivity index is 1.33. The van der Waals surface area contributed by atoms with Crippen LogP contribution in [0.1, 0.15) is 28.9 Å². The smallest absolute Gasteiger partial charge is 0.275 e. The van der Waals surface area contributed by atoms with Gasteiger partial charge in [0.05, 0.1) is 32.0 Å². The average Bonchev–Trinajstić information content (AvgIpc) is 3.31. The highest BCUT2D eigenvalue weighted by Crippen LogP contribution is 2.35. The number of carbonyl (C=O) groups is 1. The Morgan fingerprint density at radius 2 is 2.40 bits per heavy atom. The average molecular weight is 360 g/mol. The van der Waals surface area contributed by atoms with Crippen LogP contribution in [0.3, 0.4) is 0 Å². The molecule has 3 atom stereocenters. The van der Waals surface area contributed by atoms with Gasteiger partial charge in [0, 0.05) is 24.3 Å². The largest absolute Gasteiger partial charge is 0.376 e. The van der Waals surface area contributed by atoms with E-state index >= 15 is 0 Å². The molecule has 0 spiro atoms. The van der Waals surface area contributed by atoms with Crippen molar-refractivity contribution in [2.75, 3.05) is 19.8 Å². The maximum absolute atomic E-state index is 12.6. The summed E-state index contributed by atoms with van der Waals surface area (Å²) in [4.78, 5) is 18.6. The molecule has 7 nitrogen and oxygen atoms in total. The number of nitrogens with zero attached hydrogens (tertiary/aromatic N) is 4. The highest BCUT2D eigenvalue weighted by Gasteiger charge is 2.43. The summed E-state index contributed by atoms with van der Waals surface area (Å²) >= 11 is 1.20. The van der Waals surface area contributed by atoms with Gasteiger partial charge in [0.15, 0.2) is 5.69 Å². The van der Waals surface area contributed by atoms with Crippen molar-refractivity contribution in [2.45, 2.75) is 31.6 Å². The molecule has 1 saturated carbocycles. The molecule has 8 heteroatoms. The van der Waals surface area contributed by atoms with Gasteiger partial charge in [-0.05, 0) is 41.9 Å². The van der Waals surface area contributed by atoms with Crippen LogP contribution in [-0.2, 0) is 16.1 Å². The number of morpholine rings is 1. The Kier molecular flexibility index (Phi) is 5.00. The van der Waals surface area contributed by atoms with Gasteiger partial charge in [-0.25, -0.2) is 0 Å². The number of fused-ring (bicyclic) bond motifs is 1. The molecule has 2 aliphatic rings. The summed E-state index contributed by atoms with van der Waals surface area (Å²) in [5.74, 6) is 0.359. The molecule has 1 aliphatic heterocycles. The van der Waals surface area contributed by atoms with Crippen molar-refractivity contribution in [3.05, 3.63) is 41.2 Å². The molecule has 132 valence electrons. The molecule has 3 unspecified atom stereocenters. The van der Waals surface area contributed by atoms with Gasteiger partial charge in [0.25, 0.3) is 5.91 Å². The number of ether oxygens (including phenoxy) is 2. The third kappa shape index (κ3) is 3.70. The molecule has 0 radical (unpaired) electrons.